The van der Waals surface area contributed by atoms with Crippen LogP contribution in [0.2, 0.25) is 0 Å². The molecular weight excluding hydrogens is 206 g/mol. The minimum atomic E-state index is 0.00153. The predicted octanol–water partition coefficient (Wildman–Crippen LogP) is 0.660. The monoisotopic (exact) mass is 227 g/mol. The molecule has 1 fully saturated rings. The fourth-order valence-corrected chi connectivity index (χ4v) is 1.71. The summed E-state index contributed by atoms with van der Waals surface area (Å²) in [6, 6.07) is 0.00153. The first-order valence-corrected chi connectivity index (χ1v) is 6.00. The first-order chi connectivity index (χ1) is 7.77. The summed E-state index contributed by atoms with van der Waals surface area (Å²) >= 11 is 0. The van der Waals surface area contributed by atoms with Crippen molar-refractivity contribution in [2.24, 2.45) is 0 Å². The van der Waals surface area contributed by atoms with E-state index in [1.807, 2.05) is 0 Å². The van der Waals surface area contributed by atoms with E-state index in [4.69, 9.17) is 0 Å². The van der Waals surface area contributed by atoms with Gasteiger partial charge in [-0.25, -0.2) is 4.79 Å². The van der Waals surface area contributed by atoms with Crippen molar-refractivity contribution in [3.05, 3.63) is 0 Å². The summed E-state index contributed by atoms with van der Waals surface area (Å²) < 4.78 is 0. The lowest BCUT2D eigenvalue weighted by molar-refractivity contribution is -0.119. The van der Waals surface area contributed by atoms with E-state index < -0.39 is 0 Å². The fraction of sp³-hybridized carbons (Fsp3) is 0.818. The van der Waals surface area contributed by atoms with Gasteiger partial charge in [-0.05, 0) is 6.42 Å². The van der Waals surface area contributed by atoms with E-state index in [0.717, 1.165) is 32.2 Å². The first kappa shape index (κ1) is 12.8. The van der Waals surface area contributed by atoms with Gasteiger partial charge in [0.1, 0.15) is 0 Å². The second-order valence-electron chi connectivity index (χ2n) is 4.07. The lowest BCUT2D eigenvalue weighted by atomic mass is 10.2. The molecule has 0 saturated carbocycles. The van der Waals surface area contributed by atoms with Crippen LogP contribution in [0.15, 0.2) is 0 Å². The molecule has 0 aromatic heterocycles. The minimum Gasteiger partial charge on any atom is -0.342 e. The number of nitrogens with zero attached hydrogens (tertiary/aromatic N) is 2. The normalized spacial score (nSPS) is 16.1. The van der Waals surface area contributed by atoms with Gasteiger partial charge in [0.25, 0.3) is 0 Å². The highest BCUT2D eigenvalue weighted by molar-refractivity contribution is 5.74. The number of urea groups is 1. The van der Waals surface area contributed by atoms with E-state index in [2.05, 4.69) is 12.2 Å². The molecule has 1 aliphatic rings. The number of hydrogen-bond acceptors (Lipinski definition) is 2. The third-order valence-corrected chi connectivity index (χ3v) is 2.81. The summed E-state index contributed by atoms with van der Waals surface area (Å²) in [5.74, 6) is 0. The summed E-state index contributed by atoms with van der Waals surface area (Å²) in [6.45, 7) is 5.45. The molecule has 0 aromatic rings. The van der Waals surface area contributed by atoms with Crippen molar-refractivity contribution in [3.8, 4) is 0 Å². The molecule has 3 amide bonds. The SMILES string of the molecule is CCCCCNC(=O)N1CCN(C=O)CC1. The van der Waals surface area contributed by atoms with Crippen molar-refractivity contribution < 1.29 is 9.59 Å². The Kier molecular flexibility index (Phi) is 5.67. The Morgan fingerprint density at radius 2 is 1.94 bits per heavy atom. The van der Waals surface area contributed by atoms with Crippen molar-refractivity contribution >= 4 is 12.4 Å². The van der Waals surface area contributed by atoms with Crippen molar-refractivity contribution in [3.63, 3.8) is 0 Å². The molecule has 1 aliphatic heterocycles. The summed E-state index contributed by atoms with van der Waals surface area (Å²) in [5.41, 5.74) is 0. The van der Waals surface area contributed by atoms with Crippen LogP contribution >= 0.6 is 0 Å². The summed E-state index contributed by atoms with van der Waals surface area (Å²) in [7, 11) is 0. The van der Waals surface area contributed by atoms with E-state index in [1.165, 1.54) is 0 Å². The Hall–Kier alpha value is -1.26. The van der Waals surface area contributed by atoms with Crippen LogP contribution in [-0.2, 0) is 4.79 Å². The Bertz CT molecular complexity index is 225. The van der Waals surface area contributed by atoms with Gasteiger partial charge in [0.15, 0.2) is 0 Å². The van der Waals surface area contributed by atoms with Crippen molar-refractivity contribution in [2.45, 2.75) is 26.2 Å². The van der Waals surface area contributed by atoms with Crippen LogP contribution in [-0.4, -0.2) is 55.0 Å². The van der Waals surface area contributed by atoms with Gasteiger partial charge >= 0.3 is 6.03 Å². The van der Waals surface area contributed by atoms with E-state index in [1.54, 1.807) is 9.80 Å². The molecule has 1 N–H and O–H groups in total. The van der Waals surface area contributed by atoms with Gasteiger partial charge < -0.3 is 15.1 Å². The number of unbranched alkanes of at least 4 members (excludes halogenated alkanes) is 2. The predicted molar refractivity (Wildman–Crippen MR) is 62.1 cm³/mol. The number of carbonyl (C=O) groups excluding carboxylic acids is 2. The highest BCUT2D eigenvalue weighted by Gasteiger charge is 2.19. The molecule has 0 aromatic carbocycles. The molecule has 0 radical (unpaired) electrons. The maximum Gasteiger partial charge on any atom is 0.317 e. The van der Waals surface area contributed by atoms with E-state index >= 15 is 0 Å². The Morgan fingerprint density at radius 3 is 2.50 bits per heavy atom. The molecular formula is C11H21N3O2. The summed E-state index contributed by atoms with van der Waals surface area (Å²) in [5, 5.41) is 2.90. The second kappa shape index (κ2) is 7.09. The van der Waals surface area contributed by atoms with Crippen LogP contribution < -0.4 is 5.32 Å². The lowest BCUT2D eigenvalue weighted by Gasteiger charge is -2.32. The third kappa shape index (κ3) is 4.08. The maximum atomic E-state index is 11.7. The summed E-state index contributed by atoms with van der Waals surface area (Å²) in [4.78, 5) is 25.6. The average molecular weight is 227 g/mol. The first-order valence-electron chi connectivity index (χ1n) is 6.00. The Balaban J connectivity index is 2.15. The van der Waals surface area contributed by atoms with E-state index in [-0.39, 0.29) is 6.03 Å². The molecule has 0 unspecified atom stereocenters. The minimum absolute atomic E-state index is 0.00153. The lowest BCUT2D eigenvalue weighted by Crippen LogP contribution is -2.51. The van der Waals surface area contributed by atoms with Crippen molar-refractivity contribution in [2.75, 3.05) is 32.7 Å². The summed E-state index contributed by atoms with van der Waals surface area (Å²) in [6.07, 6.45) is 4.19. The van der Waals surface area contributed by atoms with Gasteiger partial charge in [0.05, 0.1) is 0 Å². The molecule has 0 aliphatic carbocycles. The van der Waals surface area contributed by atoms with Crippen LogP contribution in [0.25, 0.3) is 0 Å². The molecule has 1 heterocycles. The Labute approximate surface area is 96.8 Å². The number of rotatable bonds is 5. The van der Waals surface area contributed by atoms with Crippen LogP contribution in [0.3, 0.4) is 0 Å². The molecule has 0 bridgehead atoms. The van der Waals surface area contributed by atoms with Gasteiger partial charge in [-0.15, -0.1) is 0 Å². The quantitative estimate of drug-likeness (QED) is 0.554. The van der Waals surface area contributed by atoms with Gasteiger partial charge in [-0.1, -0.05) is 19.8 Å². The maximum absolute atomic E-state index is 11.7. The largest absolute Gasteiger partial charge is 0.342 e. The van der Waals surface area contributed by atoms with Crippen molar-refractivity contribution in [1.29, 1.82) is 0 Å². The van der Waals surface area contributed by atoms with Crippen LogP contribution in [0.4, 0.5) is 4.79 Å². The average Bonchev–Trinajstić information content (AvgIpc) is 2.34. The molecule has 5 heteroatoms. The van der Waals surface area contributed by atoms with Gasteiger partial charge in [0.2, 0.25) is 6.41 Å². The zero-order chi connectivity index (χ0) is 11.8. The number of nitrogens with one attached hydrogen (secondary N) is 1. The smallest absolute Gasteiger partial charge is 0.317 e. The highest BCUT2D eigenvalue weighted by atomic mass is 16.2. The number of carbonyl (C=O) groups is 2. The highest BCUT2D eigenvalue weighted by Crippen LogP contribution is 2.00. The second-order valence-corrected chi connectivity index (χ2v) is 4.07. The standard InChI is InChI=1S/C11H21N3O2/c1-2-3-4-5-12-11(16)14-8-6-13(10-15)7-9-14/h10H,2-9H2,1H3,(H,12,16). The zero-order valence-corrected chi connectivity index (χ0v) is 9.95. The molecule has 1 saturated heterocycles. The van der Waals surface area contributed by atoms with Gasteiger partial charge in [-0.2, -0.15) is 0 Å². The van der Waals surface area contributed by atoms with E-state index in [0.29, 0.717) is 26.2 Å². The van der Waals surface area contributed by atoms with E-state index in [9.17, 15) is 9.59 Å². The molecule has 0 spiro atoms. The topological polar surface area (TPSA) is 52.7 Å². The van der Waals surface area contributed by atoms with Crippen LogP contribution in [0.1, 0.15) is 26.2 Å². The van der Waals surface area contributed by atoms with Crippen molar-refractivity contribution in [1.82, 2.24) is 15.1 Å². The third-order valence-electron chi connectivity index (χ3n) is 2.81. The van der Waals surface area contributed by atoms with Gasteiger partial charge in [0, 0.05) is 32.7 Å². The van der Waals surface area contributed by atoms with Crippen LogP contribution in [0, 0.1) is 0 Å². The number of piperazine rings is 1. The molecule has 0 atom stereocenters. The fourth-order valence-electron chi connectivity index (χ4n) is 1.71. The molecule has 1 rings (SSSR count). The zero-order valence-electron chi connectivity index (χ0n) is 9.95. The molecule has 16 heavy (non-hydrogen) atoms. The molecule has 5 nitrogen and oxygen atoms in total. The Morgan fingerprint density at radius 1 is 1.25 bits per heavy atom. The van der Waals surface area contributed by atoms with Gasteiger partial charge in [-0.3, -0.25) is 4.79 Å². The number of hydrogen-bond donors (Lipinski definition) is 1. The molecule has 92 valence electrons. The van der Waals surface area contributed by atoms with Crippen LogP contribution in [0.5, 0.6) is 0 Å². The number of amides is 3.